The minimum atomic E-state index is -0.222. The Balaban J connectivity index is 2.12. The molecule has 0 saturated carbocycles. The molecule has 84 valence electrons. The predicted molar refractivity (Wildman–Crippen MR) is 63.5 cm³/mol. The highest BCUT2D eigenvalue weighted by Crippen LogP contribution is 2.24. The van der Waals surface area contributed by atoms with Crippen LogP contribution in [-0.4, -0.2) is 15.2 Å². The number of hydrogen-bond donors (Lipinski definition) is 2. The van der Waals surface area contributed by atoms with Crippen molar-refractivity contribution in [3.63, 3.8) is 0 Å². The molecule has 3 N–H and O–H groups in total. The molecule has 0 bridgehead atoms. The van der Waals surface area contributed by atoms with Gasteiger partial charge >= 0.3 is 0 Å². The van der Waals surface area contributed by atoms with Gasteiger partial charge in [-0.25, -0.2) is 4.98 Å². The third-order valence-corrected chi connectivity index (χ3v) is 2.96. The Bertz CT molecular complexity index is 470. The van der Waals surface area contributed by atoms with Crippen LogP contribution < -0.4 is 5.73 Å². The predicted octanol–water partition coefficient (Wildman–Crippen LogP) is 2.35. The summed E-state index contributed by atoms with van der Waals surface area (Å²) in [5.74, 6) is 0.658. The zero-order chi connectivity index (χ0) is 11.5. The van der Waals surface area contributed by atoms with Crippen LogP contribution in [0.4, 0.5) is 0 Å². The van der Waals surface area contributed by atoms with Crippen LogP contribution in [0.25, 0.3) is 0 Å². The molecule has 1 unspecified atom stereocenters. The number of hydrogen-bond acceptors (Lipinski definition) is 3. The first-order valence-corrected chi connectivity index (χ1v) is 5.47. The SMILES string of the molecule is NC(Cc1ccc(Cl)c(Cl)c1)c1ncn[nH]1. The third-order valence-electron chi connectivity index (χ3n) is 2.22. The van der Waals surface area contributed by atoms with Gasteiger partial charge in [-0.3, -0.25) is 5.10 Å². The zero-order valence-electron chi connectivity index (χ0n) is 8.32. The van der Waals surface area contributed by atoms with E-state index in [0.29, 0.717) is 22.3 Å². The second kappa shape index (κ2) is 4.82. The molecule has 4 nitrogen and oxygen atoms in total. The lowest BCUT2D eigenvalue weighted by Crippen LogP contribution is -2.15. The number of rotatable bonds is 3. The molecule has 0 aliphatic carbocycles. The number of halogens is 2. The molecule has 0 aliphatic rings. The number of H-pyrrole nitrogens is 1. The summed E-state index contributed by atoms with van der Waals surface area (Å²) in [5, 5.41) is 7.56. The van der Waals surface area contributed by atoms with Crippen LogP contribution >= 0.6 is 23.2 Å². The fraction of sp³-hybridized carbons (Fsp3) is 0.200. The standard InChI is InChI=1S/C10H10Cl2N4/c11-7-2-1-6(3-8(7)12)4-9(13)10-14-5-15-16-10/h1-3,5,9H,4,13H2,(H,14,15,16). The van der Waals surface area contributed by atoms with Gasteiger partial charge in [0.1, 0.15) is 12.2 Å². The molecular formula is C10H10Cl2N4. The Morgan fingerprint density at radius 2 is 2.12 bits per heavy atom. The summed E-state index contributed by atoms with van der Waals surface area (Å²) in [5.41, 5.74) is 6.96. The molecule has 1 heterocycles. The normalized spacial score (nSPS) is 12.7. The first-order valence-electron chi connectivity index (χ1n) is 4.71. The van der Waals surface area contributed by atoms with Gasteiger partial charge in [0.05, 0.1) is 16.1 Å². The number of nitrogens with zero attached hydrogens (tertiary/aromatic N) is 2. The van der Waals surface area contributed by atoms with Crippen molar-refractivity contribution in [3.05, 3.63) is 46.0 Å². The van der Waals surface area contributed by atoms with Gasteiger partial charge in [-0.05, 0) is 24.1 Å². The van der Waals surface area contributed by atoms with E-state index in [1.54, 1.807) is 12.1 Å². The molecule has 0 aliphatic heterocycles. The number of aromatic nitrogens is 3. The molecule has 0 radical (unpaired) electrons. The molecule has 1 aromatic carbocycles. The summed E-state index contributed by atoms with van der Waals surface area (Å²) in [6.07, 6.45) is 2.07. The van der Waals surface area contributed by atoms with Gasteiger partial charge in [-0.2, -0.15) is 5.10 Å². The highest BCUT2D eigenvalue weighted by atomic mass is 35.5. The summed E-state index contributed by atoms with van der Waals surface area (Å²) in [6.45, 7) is 0. The van der Waals surface area contributed by atoms with Crippen molar-refractivity contribution in [1.29, 1.82) is 0 Å². The van der Waals surface area contributed by atoms with Crippen molar-refractivity contribution in [1.82, 2.24) is 15.2 Å². The van der Waals surface area contributed by atoms with Gasteiger partial charge in [0.15, 0.2) is 0 Å². The third kappa shape index (κ3) is 2.52. The van der Waals surface area contributed by atoms with Gasteiger partial charge in [0.25, 0.3) is 0 Å². The molecular weight excluding hydrogens is 247 g/mol. The van der Waals surface area contributed by atoms with Gasteiger partial charge in [0, 0.05) is 0 Å². The summed E-state index contributed by atoms with van der Waals surface area (Å²) in [7, 11) is 0. The summed E-state index contributed by atoms with van der Waals surface area (Å²) >= 11 is 11.7. The Labute approximate surface area is 103 Å². The van der Waals surface area contributed by atoms with E-state index in [9.17, 15) is 0 Å². The number of aromatic amines is 1. The van der Waals surface area contributed by atoms with Gasteiger partial charge < -0.3 is 5.73 Å². The molecule has 2 aromatic rings. The maximum atomic E-state index is 5.95. The minimum absolute atomic E-state index is 0.222. The smallest absolute Gasteiger partial charge is 0.141 e. The average Bonchev–Trinajstić information content (AvgIpc) is 2.77. The molecule has 0 fully saturated rings. The first kappa shape index (κ1) is 11.4. The van der Waals surface area contributed by atoms with E-state index in [4.69, 9.17) is 28.9 Å². The first-order chi connectivity index (χ1) is 7.66. The second-order valence-electron chi connectivity index (χ2n) is 3.43. The highest BCUT2D eigenvalue weighted by molar-refractivity contribution is 6.42. The molecule has 1 atom stereocenters. The van der Waals surface area contributed by atoms with Crippen LogP contribution in [-0.2, 0) is 6.42 Å². The van der Waals surface area contributed by atoms with Gasteiger partial charge in [-0.1, -0.05) is 29.3 Å². The zero-order valence-corrected chi connectivity index (χ0v) is 9.83. The van der Waals surface area contributed by atoms with Crippen molar-refractivity contribution >= 4 is 23.2 Å². The second-order valence-corrected chi connectivity index (χ2v) is 4.24. The van der Waals surface area contributed by atoms with Crippen molar-refractivity contribution < 1.29 is 0 Å². The highest BCUT2D eigenvalue weighted by Gasteiger charge is 2.10. The summed E-state index contributed by atoms with van der Waals surface area (Å²) < 4.78 is 0. The van der Waals surface area contributed by atoms with E-state index < -0.39 is 0 Å². The molecule has 0 amide bonds. The number of nitrogens with one attached hydrogen (secondary N) is 1. The quantitative estimate of drug-likeness (QED) is 0.886. The van der Waals surface area contributed by atoms with E-state index in [-0.39, 0.29) is 6.04 Å². The van der Waals surface area contributed by atoms with E-state index in [1.807, 2.05) is 6.07 Å². The molecule has 1 aromatic heterocycles. The Hall–Kier alpha value is -1.10. The van der Waals surface area contributed by atoms with Crippen molar-refractivity contribution in [2.24, 2.45) is 5.73 Å². The average molecular weight is 257 g/mol. The molecule has 0 saturated heterocycles. The van der Waals surface area contributed by atoms with Crippen LogP contribution in [0.2, 0.25) is 10.0 Å². The maximum Gasteiger partial charge on any atom is 0.141 e. The fourth-order valence-electron chi connectivity index (χ4n) is 1.41. The Morgan fingerprint density at radius 3 is 2.75 bits per heavy atom. The minimum Gasteiger partial charge on any atom is -0.321 e. The Morgan fingerprint density at radius 1 is 1.31 bits per heavy atom. The van der Waals surface area contributed by atoms with Crippen LogP contribution in [0.5, 0.6) is 0 Å². The fourth-order valence-corrected chi connectivity index (χ4v) is 1.73. The van der Waals surface area contributed by atoms with Gasteiger partial charge in [-0.15, -0.1) is 0 Å². The number of nitrogens with two attached hydrogens (primary N) is 1. The lowest BCUT2D eigenvalue weighted by atomic mass is 10.1. The van der Waals surface area contributed by atoms with Crippen LogP contribution in [0.1, 0.15) is 17.4 Å². The molecule has 16 heavy (non-hydrogen) atoms. The molecule has 0 spiro atoms. The van der Waals surface area contributed by atoms with E-state index in [1.165, 1.54) is 6.33 Å². The summed E-state index contributed by atoms with van der Waals surface area (Å²) in [6, 6.07) is 5.23. The lowest BCUT2D eigenvalue weighted by Gasteiger charge is -2.08. The van der Waals surface area contributed by atoms with E-state index in [2.05, 4.69) is 15.2 Å². The Kier molecular flexibility index (Phi) is 3.43. The summed E-state index contributed by atoms with van der Waals surface area (Å²) in [4.78, 5) is 4.00. The van der Waals surface area contributed by atoms with Crippen LogP contribution in [0, 0.1) is 0 Å². The van der Waals surface area contributed by atoms with Crippen LogP contribution in [0.3, 0.4) is 0 Å². The van der Waals surface area contributed by atoms with Crippen molar-refractivity contribution in [2.45, 2.75) is 12.5 Å². The van der Waals surface area contributed by atoms with Crippen molar-refractivity contribution in [2.75, 3.05) is 0 Å². The van der Waals surface area contributed by atoms with E-state index in [0.717, 1.165) is 5.56 Å². The number of benzene rings is 1. The monoisotopic (exact) mass is 256 g/mol. The van der Waals surface area contributed by atoms with Gasteiger partial charge in [0.2, 0.25) is 0 Å². The molecule has 2 rings (SSSR count). The largest absolute Gasteiger partial charge is 0.321 e. The lowest BCUT2D eigenvalue weighted by molar-refractivity contribution is 0.671. The maximum absolute atomic E-state index is 5.95. The van der Waals surface area contributed by atoms with Crippen molar-refractivity contribution in [3.8, 4) is 0 Å². The van der Waals surface area contributed by atoms with Crippen LogP contribution in [0.15, 0.2) is 24.5 Å². The topological polar surface area (TPSA) is 67.6 Å². The van der Waals surface area contributed by atoms with E-state index >= 15 is 0 Å². The molecule has 6 heteroatoms.